The lowest BCUT2D eigenvalue weighted by molar-refractivity contribution is 0.0901. The van der Waals surface area contributed by atoms with Gasteiger partial charge in [0.25, 0.3) is 0 Å². The van der Waals surface area contributed by atoms with Crippen LogP contribution >= 0.6 is 0 Å². The van der Waals surface area contributed by atoms with Gasteiger partial charge in [0.2, 0.25) is 10.0 Å². The molecule has 1 aliphatic rings. The van der Waals surface area contributed by atoms with Crippen LogP contribution in [0.1, 0.15) is 15.9 Å². The second kappa shape index (κ2) is 7.91. The first-order chi connectivity index (χ1) is 12.0. The van der Waals surface area contributed by atoms with Crippen molar-refractivity contribution in [2.45, 2.75) is 5.75 Å². The van der Waals surface area contributed by atoms with Crippen LogP contribution in [0, 0.1) is 0 Å². The summed E-state index contributed by atoms with van der Waals surface area (Å²) >= 11 is 0. The van der Waals surface area contributed by atoms with Gasteiger partial charge in [-0.1, -0.05) is 60.7 Å². The first-order valence-electron chi connectivity index (χ1n) is 8.37. The maximum Gasteiger partial charge on any atom is 0.218 e. The predicted octanol–water partition coefficient (Wildman–Crippen LogP) is 2.02. The fourth-order valence-electron chi connectivity index (χ4n) is 2.96. The summed E-state index contributed by atoms with van der Waals surface area (Å²) in [6.45, 7) is 2.34. The number of hydrogen-bond donors (Lipinski definition) is 0. The lowest BCUT2D eigenvalue weighted by Gasteiger charge is -2.33. The molecule has 0 aromatic heterocycles. The fraction of sp³-hybridized carbons (Fsp3) is 0.316. The Morgan fingerprint density at radius 2 is 1.40 bits per heavy atom. The molecular weight excluding hydrogens is 336 g/mol. The molecule has 1 saturated heterocycles. The molecule has 0 unspecified atom stereocenters. The quantitative estimate of drug-likeness (QED) is 0.742. The normalized spacial score (nSPS) is 16.6. The van der Waals surface area contributed by atoms with Gasteiger partial charge < -0.3 is 0 Å². The molecule has 0 radical (unpaired) electrons. The van der Waals surface area contributed by atoms with Gasteiger partial charge in [0.05, 0.1) is 12.3 Å². The van der Waals surface area contributed by atoms with Crippen LogP contribution in [0.3, 0.4) is 0 Å². The SMILES string of the molecule is O=C(CN1CCN(S(=O)(=O)Cc2ccccc2)CC1)c1ccccc1. The summed E-state index contributed by atoms with van der Waals surface area (Å²) in [6.07, 6.45) is 0. The topological polar surface area (TPSA) is 57.7 Å². The van der Waals surface area contributed by atoms with Gasteiger partial charge in [0.15, 0.2) is 5.78 Å². The van der Waals surface area contributed by atoms with E-state index in [9.17, 15) is 13.2 Å². The van der Waals surface area contributed by atoms with Crippen molar-refractivity contribution in [3.05, 3.63) is 71.8 Å². The van der Waals surface area contributed by atoms with E-state index in [0.29, 0.717) is 38.3 Å². The van der Waals surface area contributed by atoms with Crippen LogP contribution in [0.5, 0.6) is 0 Å². The monoisotopic (exact) mass is 358 g/mol. The largest absolute Gasteiger partial charge is 0.293 e. The number of rotatable bonds is 6. The molecule has 1 heterocycles. The van der Waals surface area contributed by atoms with E-state index in [-0.39, 0.29) is 11.5 Å². The molecule has 0 amide bonds. The third-order valence-corrected chi connectivity index (χ3v) is 6.23. The van der Waals surface area contributed by atoms with Gasteiger partial charge in [-0.3, -0.25) is 9.69 Å². The van der Waals surface area contributed by atoms with Crippen LogP contribution < -0.4 is 0 Å². The molecule has 0 atom stereocenters. The van der Waals surface area contributed by atoms with E-state index in [4.69, 9.17) is 0 Å². The highest BCUT2D eigenvalue weighted by Crippen LogP contribution is 2.14. The Balaban J connectivity index is 1.54. The second-order valence-electron chi connectivity index (χ2n) is 6.21. The highest BCUT2D eigenvalue weighted by molar-refractivity contribution is 7.88. The number of carbonyl (C=O) groups is 1. The van der Waals surface area contributed by atoms with Crippen LogP contribution in [0.4, 0.5) is 0 Å². The van der Waals surface area contributed by atoms with Gasteiger partial charge in [0.1, 0.15) is 0 Å². The molecule has 5 nitrogen and oxygen atoms in total. The van der Waals surface area contributed by atoms with E-state index in [1.807, 2.05) is 65.6 Å². The van der Waals surface area contributed by atoms with Crippen LogP contribution in [0.15, 0.2) is 60.7 Å². The number of piperazine rings is 1. The minimum atomic E-state index is -3.32. The third-order valence-electron chi connectivity index (χ3n) is 4.38. The zero-order chi connectivity index (χ0) is 17.7. The van der Waals surface area contributed by atoms with Gasteiger partial charge in [-0.25, -0.2) is 8.42 Å². The summed E-state index contributed by atoms with van der Waals surface area (Å²) in [5, 5.41) is 0. The van der Waals surface area contributed by atoms with Crippen molar-refractivity contribution in [1.82, 2.24) is 9.21 Å². The summed E-state index contributed by atoms with van der Waals surface area (Å²) in [5.74, 6) is 0.0951. The Hall–Kier alpha value is -2.02. The highest BCUT2D eigenvalue weighted by Gasteiger charge is 2.27. The standard InChI is InChI=1S/C19H22N2O3S/c22-19(18-9-5-2-6-10-18)15-20-11-13-21(14-12-20)25(23,24)16-17-7-3-1-4-8-17/h1-10H,11-16H2. The maximum atomic E-state index is 12.5. The Morgan fingerprint density at radius 3 is 2.00 bits per heavy atom. The summed E-state index contributed by atoms with van der Waals surface area (Å²) in [4.78, 5) is 14.3. The first-order valence-corrected chi connectivity index (χ1v) is 9.98. The molecule has 3 rings (SSSR count). The van der Waals surface area contributed by atoms with Crippen LogP contribution in [-0.4, -0.2) is 56.1 Å². The predicted molar refractivity (Wildman–Crippen MR) is 97.9 cm³/mol. The molecule has 1 fully saturated rings. The zero-order valence-corrected chi connectivity index (χ0v) is 14.9. The molecular formula is C19H22N2O3S. The van der Waals surface area contributed by atoms with Crippen LogP contribution in [-0.2, 0) is 15.8 Å². The van der Waals surface area contributed by atoms with E-state index in [1.165, 1.54) is 4.31 Å². The number of carbonyl (C=O) groups excluding carboxylic acids is 1. The van der Waals surface area contributed by atoms with Gasteiger partial charge >= 0.3 is 0 Å². The van der Waals surface area contributed by atoms with Crippen molar-refractivity contribution in [3.63, 3.8) is 0 Å². The Kier molecular flexibility index (Phi) is 5.63. The Bertz CT molecular complexity index is 799. The number of benzene rings is 2. The molecule has 2 aromatic carbocycles. The maximum absolute atomic E-state index is 12.5. The van der Waals surface area contributed by atoms with E-state index in [0.717, 1.165) is 5.56 Å². The van der Waals surface area contributed by atoms with E-state index >= 15 is 0 Å². The highest BCUT2D eigenvalue weighted by atomic mass is 32.2. The summed E-state index contributed by atoms with van der Waals surface area (Å²) in [5.41, 5.74) is 1.49. The van der Waals surface area contributed by atoms with E-state index in [2.05, 4.69) is 0 Å². The third kappa shape index (κ3) is 4.75. The van der Waals surface area contributed by atoms with E-state index in [1.54, 1.807) is 0 Å². The van der Waals surface area contributed by atoms with Crippen LogP contribution in [0.2, 0.25) is 0 Å². The smallest absolute Gasteiger partial charge is 0.218 e. The lowest BCUT2D eigenvalue weighted by Crippen LogP contribution is -2.50. The Labute approximate surface area is 148 Å². The van der Waals surface area contributed by atoms with Crippen molar-refractivity contribution < 1.29 is 13.2 Å². The summed E-state index contributed by atoms with van der Waals surface area (Å²) < 4.78 is 26.6. The van der Waals surface area contributed by atoms with Gasteiger partial charge in [-0.05, 0) is 5.56 Å². The molecule has 2 aromatic rings. The summed E-state index contributed by atoms with van der Waals surface area (Å²) in [6, 6.07) is 18.4. The first kappa shape index (κ1) is 17.8. The van der Waals surface area contributed by atoms with E-state index < -0.39 is 10.0 Å². The van der Waals surface area contributed by atoms with Gasteiger partial charge in [0, 0.05) is 31.7 Å². The molecule has 25 heavy (non-hydrogen) atoms. The minimum Gasteiger partial charge on any atom is -0.293 e. The molecule has 1 aliphatic heterocycles. The van der Waals surface area contributed by atoms with Crippen molar-refractivity contribution in [2.24, 2.45) is 0 Å². The zero-order valence-electron chi connectivity index (χ0n) is 14.0. The number of ketones is 1. The average Bonchev–Trinajstić information content (AvgIpc) is 2.63. The van der Waals surface area contributed by atoms with Crippen molar-refractivity contribution >= 4 is 15.8 Å². The summed E-state index contributed by atoms with van der Waals surface area (Å²) in [7, 11) is -3.32. The number of Topliss-reactive ketones (excluding diaryl/α,β-unsaturated/α-hetero) is 1. The molecule has 0 aliphatic carbocycles. The second-order valence-corrected chi connectivity index (χ2v) is 8.18. The van der Waals surface area contributed by atoms with Crippen molar-refractivity contribution in [1.29, 1.82) is 0 Å². The van der Waals surface area contributed by atoms with Crippen LogP contribution in [0.25, 0.3) is 0 Å². The number of hydrogen-bond acceptors (Lipinski definition) is 4. The van der Waals surface area contributed by atoms with Crippen molar-refractivity contribution in [3.8, 4) is 0 Å². The number of sulfonamides is 1. The molecule has 132 valence electrons. The average molecular weight is 358 g/mol. The molecule has 0 N–H and O–H groups in total. The number of nitrogens with zero attached hydrogens (tertiary/aromatic N) is 2. The Morgan fingerprint density at radius 1 is 0.840 bits per heavy atom. The van der Waals surface area contributed by atoms with Gasteiger partial charge in [-0.2, -0.15) is 4.31 Å². The lowest BCUT2D eigenvalue weighted by atomic mass is 10.1. The molecule has 0 saturated carbocycles. The molecule has 6 heteroatoms. The molecule has 0 bridgehead atoms. The molecule has 0 spiro atoms. The fourth-order valence-corrected chi connectivity index (χ4v) is 4.48. The minimum absolute atomic E-state index is 0.0246. The van der Waals surface area contributed by atoms with Crippen molar-refractivity contribution in [2.75, 3.05) is 32.7 Å². The van der Waals surface area contributed by atoms with Gasteiger partial charge in [-0.15, -0.1) is 0 Å².